The maximum absolute atomic E-state index is 12.2. The molecule has 0 atom stereocenters. The number of carbonyl (C=O) groups is 2. The van der Waals surface area contributed by atoms with Crippen molar-refractivity contribution in [2.75, 3.05) is 13.6 Å². The Balaban J connectivity index is 0.000000801. The van der Waals surface area contributed by atoms with Gasteiger partial charge in [0.1, 0.15) is 0 Å². The van der Waals surface area contributed by atoms with Crippen molar-refractivity contribution in [2.45, 2.75) is 73.9 Å². The molecule has 2 amide bonds. The topological polar surface area (TPSA) is 45.6 Å². The molecule has 8 heteroatoms. The molecule has 1 aromatic carbocycles. The third-order valence-electron chi connectivity index (χ3n) is 6.45. The lowest BCUT2D eigenvalue weighted by Crippen LogP contribution is -2.30. The number of allylic oxidation sites excluding steroid dienone is 5. The number of alkyl halides is 3. The molecule has 1 aromatic heterocycles. The van der Waals surface area contributed by atoms with Crippen LogP contribution in [-0.2, 0) is 29.2 Å². The monoisotopic (exact) mass is 587 g/mol. The first kappa shape index (κ1) is 38.2. The summed E-state index contributed by atoms with van der Waals surface area (Å²) in [6, 6.07) is 6.36. The van der Waals surface area contributed by atoms with E-state index in [-0.39, 0.29) is 11.8 Å². The Morgan fingerprint density at radius 1 is 1.02 bits per heavy atom. The van der Waals surface area contributed by atoms with Crippen molar-refractivity contribution < 1.29 is 22.8 Å². The number of nitrogens with zero attached hydrogens (tertiary/aromatic N) is 3. The van der Waals surface area contributed by atoms with E-state index in [1.165, 1.54) is 23.3 Å². The van der Waals surface area contributed by atoms with E-state index in [0.29, 0.717) is 0 Å². The molecule has 0 saturated carbocycles. The Bertz CT molecular complexity index is 1320. The van der Waals surface area contributed by atoms with Crippen molar-refractivity contribution in [3.63, 3.8) is 0 Å². The summed E-state index contributed by atoms with van der Waals surface area (Å²) in [5.41, 5.74) is 2.71. The summed E-state index contributed by atoms with van der Waals surface area (Å²) >= 11 is 0. The van der Waals surface area contributed by atoms with Crippen LogP contribution >= 0.6 is 0 Å². The van der Waals surface area contributed by atoms with Gasteiger partial charge in [0.25, 0.3) is 0 Å². The molecule has 0 spiro atoms. The minimum atomic E-state index is -4.21. The summed E-state index contributed by atoms with van der Waals surface area (Å²) in [5, 5.41) is 2.07. The third-order valence-corrected chi connectivity index (χ3v) is 6.45. The van der Waals surface area contributed by atoms with Crippen LogP contribution in [0.1, 0.15) is 72.4 Å². The molecule has 0 aliphatic heterocycles. The first-order valence-corrected chi connectivity index (χ1v) is 14.2. The van der Waals surface area contributed by atoms with Gasteiger partial charge in [-0.15, -0.1) is 0 Å². The van der Waals surface area contributed by atoms with E-state index in [2.05, 4.69) is 56.3 Å². The standard InChI is InChI=1S/C22H32N2O.C7H5F3.C5H11NO/c1-8-12-21(15-22-17(5)20(11-4)16-23(22)7)24(18(6)25)14-13-19(9-2)10-3;8-7(9,10)6-4-2-1-3-5-6;1-4-6(3)5(2)7/h9,12-16H,5,8,10-11H2,1-4,6-7H3;1-5H;4H2,1-3H3/b14-13-,19-9-,21-12+,22-15+;;. The molecule has 0 unspecified atom stereocenters. The van der Waals surface area contributed by atoms with Crippen molar-refractivity contribution in [3.05, 3.63) is 93.9 Å². The molecule has 0 radical (unpaired) electrons. The molecule has 2 rings (SSSR count). The number of benzene rings is 1. The molecular formula is C34H48F3N3O2. The molecule has 0 aliphatic rings. The van der Waals surface area contributed by atoms with E-state index in [1.807, 2.05) is 33.2 Å². The van der Waals surface area contributed by atoms with Gasteiger partial charge in [0, 0.05) is 57.9 Å². The second kappa shape index (κ2) is 19.3. The van der Waals surface area contributed by atoms with Gasteiger partial charge in [-0.2, -0.15) is 13.2 Å². The van der Waals surface area contributed by atoms with Crippen LogP contribution in [-0.4, -0.2) is 39.8 Å². The number of aromatic nitrogens is 1. The SMILES string of the molecule is C=c1c(CC)cn(C)/c1=C/C(=C\CC)N(/C=C\C(=C/C)CC)C(C)=O.CCN(C)C(C)=O.FC(F)(F)c1ccccc1. The highest BCUT2D eigenvalue weighted by atomic mass is 19.4. The van der Waals surface area contributed by atoms with E-state index >= 15 is 0 Å². The number of hydrogen-bond acceptors (Lipinski definition) is 2. The van der Waals surface area contributed by atoms with Crippen molar-refractivity contribution in [2.24, 2.45) is 7.05 Å². The molecule has 232 valence electrons. The summed E-state index contributed by atoms with van der Waals surface area (Å²) in [5.74, 6) is 0.122. The minimum Gasteiger partial charge on any atom is -0.350 e. The lowest BCUT2D eigenvalue weighted by molar-refractivity contribution is -0.137. The summed E-state index contributed by atoms with van der Waals surface area (Å²) < 4.78 is 37.4. The van der Waals surface area contributed by atoms with Gasteiger partial charge in [-0.25, -0.2) is 0 Å². The van der Waals surface area contributed by atoms with Crippen molar-refractivity contribution in [1.29, 1.82) is 0 Å². The molecule has 1 heterocycles. The van der Waals surface area contributed by atoms with Gasteiger partial charge in [0.05, 0.1) is 5.56 Å². The van der Waals surface area contributed by atoms with Crippen molar-refractivity contribution in [3.8, 4) is 0 Å². The zero-order chi connectivity index (χ0) is 32.5. The predicted molar refractivity (Wildman–Crippen MR) is 169 cm³/mol. The Hall–Kier alpha value is -3.81. The van der Waals surface area contributed by atoms with Crippen LogP contribution in [0, 0.1) is 0 Å². The van der Waals surface area contributed by atoms with E-state index in [9.17, 15) is 22.8 Å². The lowest BCUT2D eigenvalue weighted by atomic mass is 10.2. The van der Waals surface area contributed by atoms with Gasteiger partial charge in [-0.3, -0.25) is 14.5 Å². The predicted octanol–water partition coefficient (Wildman–Crippen LogP) is 6.98. The average molecular weight is 588 g/mol. The maximum atomic E-state index is 12.2. The van der Waals surface area contributed by atoms with Gasteiger partial charge in [0.2, 0.25) is 11.8 Å². The van der Waals surface area contributed by atoms with E-state index < -0.39 is 11.7 Å². The summed E-state index contributed by atoms with van der Waals surface area (Å²) in [7, 11) is 3.80. The first-order chi connectivity index (χ1) is 19.7. The lowest BCUT2D eigenvalue weighted by Gasteiger charge is -2.18. The van der Waals surface area contributed by atoms with Crippen LogP contribution in [0.15, 0.2) is 72.2 Å². The van der Waals surface area contributed by atoms with Gasteiger partial charge in [-0.05, 0) is 56.0 Å². The van der Waals surface area contributed by atoms with E-state index in [4.69, 9.17) is 0 Å². The third kappa shape index (κ3) is 13.2. The zero-order valence-corrected chi connectivity index (χ0v) is 26.7. The van der Waals surface area contributed by atoms with E-state index in [0.717, 1.165) is 54.2 Å². The molecular weight excluding hydrogens is 539 g/mol. The summed E-state index contributed by atoms with van der Waals surface area (Å²) in [6.45, 7) is 18.5. The molecule has 0 saturated heterocycles. The molecule has 0 N–H and O–H groups in total. The Morgan fingerprint density at radius 2 is 1.62 bits per heavy atom. The van der Waals surface area contributed by atoms with Crippen LogP contribution in [0.5, 0.6) is 0 Å². The van der Waals surface area contributed by atoms with Crippen LogP contribution in [0.3, 0.4) is 0 Å². The fourth-order valence-electron chi connectivity index (χ4n) is 3.64. The summed E-state index contributed by atoms with van der Waals surface area (Å²) in [4.78, 5) is 25.9. The first-order valence-electron chi connectivity index (χ1n) is 14.2. The van der Waals surface area contributed by atoms with Crippen LogP contribution < -0.4 is 10.6 Å². The quantitative estimate of drug-likeness (QED) is 0.313. The summed E-state index contributed by atoms with van der Waals surface area (Å²) in [6.07, 6.45) is 10.7. The average Bonchev–Trinajstić information content (AvgIpc) is 3.23. The normalized spacial score (nSPS) is 12.3. The molecule has 42 heavy (non-hydrogen) atoms. The largest absolute Gasteiger partial charge is 0.416 e. The maximum Gasteiger partial charge on any atom is 0.416 e. The fraction of sp³-hybridized carbons (Fsp3) is 0.412. The molecule has 5 nitrogen and oxygen atoms in total. The Labute approximate surface area is 250 Å². The number of amides is 2. The smallest absolute Gasteiger partial charge is 0.350 e. The van der Waals surface area contributed by atoms with Gasteiger partial charge in [-0.1, -0.05) is 75.4 Å². The highest BCUT2D eigenvalue weighted by Gasteiger charge is 2.29. The fourth-order valence-corrected chi connectivity index (χ4v) is 3.64. The number of halogens is 3. The molecule has 0 bridgehead atoms. The van der Waals surface area contributed by atoms with Crippen molar-refractivity contribution >= 4 is 24.5 Å². The molecule has 0 fully saturated rings. The second-order valence-electron chi connectivity index (χ2n) is 9.48. The number of aryl methyl sites for hydroxylation is 2. The van der Waals surface area contributed by atoms with E-state index in [1.54, 1.807) is 36.8 Å². The van der Waals surface area contributed by atoms with Gasteiger partial charge in [0.15, 0.2) is 0 Å². The van der Waals surface area contributed by atoms with Gasteiger partial charge >= 0.3 is 6.18 Å². The second-order valence-corrected chi connectivity index (χ2v) is 9.48. The van der Waals surface area contributed by atoms with Crippen molar-refractivity contribution in [1.82, 2.24) is 14.4 Å². The van der Waals surface area contributed by atoms with Crippen LogP contribution in [0.2, 0.25) is 0 Å². The number of rotatable bonds is 8. The molecule has 2 aromatic rings. The van der Waals surface area contributed by atoms with Crippen LogP contribution in [0.25, 0.3) is 12.7 Å². The van der Waals surface area contributed by atoms with Crippen LogP contribution in [0.4, 0.5) is 13.2 Å². The minimum absolute atomic E-state index is 0.00528. The Kier molecular flexibility index (Phi) is 17.6. The highest BCUT2D eigenvalue weighted by Crippen LogP contribution is 2.28. The Morgan fingerprint density at radius 3 is 1.95 bits per heavy atom. The zero-order valence-electron chi connectivity index (χ0n) is 26.7. The number of carbonyl (C=O) groups excluding carboxylic acids is 2. The van der Waals surface area contributed by atoms with Gasteiger partial charge < -0.3 is 9.47 Å². The molecule has 0 aliphatic carbocycles. The highest BCUT2D eigenvalue weighted by molar-refractivity contribution is 5.79. The number of hydrogen-bond donors (Lipinski definition) is 0.